The third kappa shape index (κ3) is 3.28. The first-order valence-electron chi connectivity index (χ1n) is 7.20. The van der Waals surface area contributed by atoms with E-state index in [1.54, 1.807) is 12.1 Å². The summed E-state index contributed by atoms with van der Waals surface area (Å²) in [7, 11) is -3.69. The van der Waals surface area contributed by atoms with Gasteiger partial charge in [-0.05, 0) is 30.3 Å². The van der Waals surface area contributed by atoms with Gasteiger partial charge in [0.25, 0.3) is 0 Å². The smallest absolute Gasteiger partial charge is 0.345 e. The monoisotopic (exact) mass is 370 g/mol. The molecule has 1 aromatic carbocycles. The molecular formula is C15H15FN2O4S2. The maximum atomic E-state index is 13.0. The van der Waals surface area contributed by atoms with Gasteiger partial charge in [-0.3, -0.25) is 0 Å². The van der Waals surface area contributed by atoms with Gasteiger partial charge in [-0.2, -0.15) is 4.31 Å². The van der Waals surface area contributed by atoms with Gasteiger partial charge in [-0.25, -0.2) is 17.6 Å². The molecular weight excluding hydrogens is 355 g/mol. The number of hydrogen-bond acceptors (Lipinski definition) is 5. The van der Waals surface area contributed by atoms with Crippen molar-refractivity contribution in [2.75, 3.05) is 31.1 Å². The zero-order chi connectivity index (χ0) is 17.3. The van der Waals surface area contributed by atoms with Crippen molar-refractivity contribution in [3.63, 3.8) is 0 Å². The van der Waals surface area contributed by atoms with Crippen LogP contribution in [0.5, 0.6) is 0 Å². The lowest BCUT2D eigenvalue weighted by Gasteiger charge is -2.35. The Morgan fingerprint density at radius 1 is 1.12 bits per heavy atom. The Kier molecular flexibility index (Phi) is 4.57. The number of piperazine rings is 1. The van der Waals surface area contributed by atoms with Crippen LogP contribution < -0.4 is 4.90 Å². The Labute approximate surface area is 142 Å². The molecule has 24 heavy (non-hydrogen) atoms. The van der Waals surface area contributed by atoms with E-state index in [1.807, 2.05) is 4.90 Å². The molecule has 2 heterocycles. The van der Waals surface area contributed by atoms with Crippen LogP contribution in [0.15, 0.2) is 40.6 Å². The Morgan fingerprint density at radius 2 is 1.75 bits per heavy atom. The third-order valence-electron chi connectivity index (χ3n) is 3.85. The number of aromatic carboxylic acids is 1. The van der Waals surface area contributed by atoms with E-state index in [0.717, 1.165) is 17.0 Å². The summed E-state index contributed by atoms with van der Waals surface area (Å²) in [5.74, 6) is -1.45. The van der Waals surface area contributed by atoms with Crippen molar-refractivity contribution in [2.24, 2.45) is 0 Å². The van der Waals surface area contributed by atoms with E-state index < -0.39 is 16.0 Å². The van der Waals surface area contributed by atoms with Gasteiger partial charge in [0.15, 0.2) is 0 Å². The van der Waals surface area contributed by atoms with Crippen molar-refractivity contribution >= 4 is 33.0 Å². The number of benzene rings is 1. The zero-order valence-corrected chi connectivity index (χ0v) is 14.2. The minimum atomic E-state index is -3.69. The highest BCUT2D eigenvalue weighted by atomic mass is 32.2. The number of nitrogens with zero attached hydrogens (tertiary/aromatic N) is 2. The summed E-state index contributed by atoms with van der Waals surface area (Å²) in [4.78, 5) is 12.9. The topological polar surface area (TPSA) is 77.9 Å². The van der Waals surface area contributed by atoms with E-state index in [4.69, 9.17) is 5.11 Å². The Morgan fingerprint density at radius 3 is 2.29 bits per heavy atom. The normalized spacial score (nSPS) is 16.3. The van der Waals surface area contributed by atoms with E-state index in [-0.39, 0.29) is 28.7 Å². The second-order valence-electron chi connectivity index (χ2n) is 5.32. The predicted molar refractivity (Wildman–Crippen MR) is 88.7 cm³/mol. The highest BCUT2D eigenvalue weighted by Gasteiger charge is 2.30. The Balaban J connectivity index is 1.71. The molecule has 0 amide bonds. The molecule has 1 aromatic heterocycles. The van der Waals surface area contributed by atoms with Gasteiger partial charge in [-0.15, -0.1) is 11.3 Å². The molecule has 1 aliphatic rings. The van der Waals surface area contributed by atoms with Gasteiger partial charge in [0.1, 0.15) is 10.7 Å². The summed E-state index contributed by atoms with van der Waals surface area (Å²) in [5.41, 5.74) is 0.845. The highest BCUT2D eigenvalue weighted by molar-refractivity contribution is 7.89. The lowest BCUT2D eigenvalue weighted by atomic mass is 10.2. The molecule has 0 unspecified atom stereocenters. The molecule has 0 bridgehead atoms. The fourth-order valence-corrected chi connectivity index (χ4v) is 5.08. The lowest BCUT2D eigenvalue weighted by molar-refractivity contribution is 0.0702. The van der Waals surface area contributed by atoms with Crippen molar-refractivity contribution in [3.05, 3.63) is 46.4 Å². The molecule has 1 saturated heterocycles. The number of anilines is 1. The average Bonchev–Trinajstić information content (AvgIpc) is 3.07. The summed E-state index contributed by atoms with van der Waals surface area (Å²) >= 11 is 0.896. The van der Waals surface area contributed by atoms with Crippen molar-refractivity contribution < 1.29 is 22.7 Å². The molecule has 2 aromatic rings. The van der Waals surface area contributed by atoms with Crippen LogP contribution in [0.3, 0.4) is 0 Å². The molecule has 0 radical (unpaired) electrons. The van der Waals surface area contributed by atoms with E-state index in [2.05, 4.69) is 0 Å². The number of carboxylic acids is 1. The Hall–Kier alpha value is -1.97. The number of carbonyl (C=O) groups is 1. The summed E-state index contributed by atoms with van der Waals surface area (Å²) in [6.45, 7) is 1.55. The van der Waals surface area contributed by atoms with Crippen LogP contribution in [0.25, 0.3) is 0 Å². The van der Waals surface area contributed by atoms with E-state index in [9.17, 15) is 17.6 Å². The van der Waals surface area contributed by atoms with Gasteiger partial charge >= 0.3 is 5.97 Å². The fraction of sp³-hybridized carbons (Fsp3) is 0.267. The largest absolute Gasteiger partial charge is 0.477 e. The second-order valence-corrected chi connectivity index (χ2v) is 8.17. The molecule has 1 aliphatic heterocycles. The number of thiophene rings is 1. The summed E-state index contributed by atoms with van der Waals surface area (Å²) in [6.07, 6.45) is 0. The van der Waals surface area contributed by atoms with Crippen LogP contribution in [0, 0.1) is 5.82 Å². The number of sulfonamides is 1. The first-order valence-corrected chi connectivity index (χ1v) is 9.52. The number of carboxylic acid groups (broad SMARTS) is 1. The predicted octanol–water partition coefficient (Wildman–Crippen LogP) is 2.10. The van der Waals surface area contributed by atoms with Gasteiger partial charge in [0.2, 0.25) is 10.0 Å². The molecule has 0 spiro atoms. The van der Waals surface area contributed by atoms with Crippen LogP contribution in [-0.4, -0.2) is 50.0 Å². The molecule has 128 valence electrons. The van der Waals surface area contributed by atoms with Gasteiger partial charge < -0.3 is 10.0 Å². The lowest BCUT2D eigenvalue weighted by Crippen LogP contribution is -2.48. The molecule has 0 saturated carbocycles. The Bertz CT molecular complexity index is 841. The molecule has 1 N–H and O–H groups in total. The van der Waals surface area contributed by atoms with Crippen LogP contribution >= 0.6 is 11.3 Å². The molecule has 1 fully saturated rings. The van der Waals surface area contributed by atoms with Crippen molar-refractivity contribution in [1.82, 2.24) is 4.31 Å². The summed E-state index contributed by atoms with van der Waals surface area (Å²) < 4.78 is 39.5. The van der Waals surface area contributed by atoms with Crippen molar-refractivity contribution in [2.45, 2.75) is 4.90 Å². The van der Waals surface area contributed by atoms with Crippen LogP contribution in [0.4, 0.5) is 10.1 Å². The number of rotatable bonds is 4. The maximum absolute atomic E-state index is 13.0. The van der Waals surface area contributed by atoms with Crippen molar-refractivity contribution in [1.29, 1.82) is 0 Å². The summed E-state index contributed by atoms with van der Waals surface area (Å²) in [6, 6.07) is 7.26. The molecule has 6 nitrogen and oxygen atoms in total. The van der Waals surface area contributed by atoms with E-state index >= 15 is 0 Å². The first kappa shape index (κ1) is 16.9. The molecule has 0 aliphatic carbocycles. The van der Waals surface area contributed by atoms with Crippen LogP contribution in [0.1, 0.15) is 9.67 Å². The second kappa shape index (κ2) is 6.50. The number of halogens is 1. The molecule has 0 atom stereocenters. The van der Waals surface area contributed by atoms with Crippen LogP contribution in [0.2, 0.25) is 0 Å². The fourth-order valence-electron chi connectivity index (χ4n) is 2.55. The van der Waals surface area contributed by atoms with Crippen molar-refractivity contribution in [3.8, 4) is 0 Å². The van der Waals surface area contributed by atoms with Gasteiger partial charge in [0.05, 0.1) is 4.90 Å². The SMILES string of the molecule is O=C(O)c1cc(S(=O)(=O)N2CCN(c3ccc(F)cc3)CC2)cs1. The first-order chi connectivity index (χ1) is 11.4. The highest BCUT2D eigenvalue weighted by Crippen LogP contribution is 2.25. The van der Waals surface area contributed by atoms with E-state index in [0.29, 0.717) is 13.1 Å². The molecule has 3 rings (SSSR count). The van der Waals surface area contributed by atoms with Gasteiger partial charge in [-0.1, -0.05) is 0 Å². The minimum absolute atomic E-state index is 0.00137. The van der Waals surface area contributed by atoms with Crippen LogP contribution in [-0.2, 0) is 10.0 Å². The minimum Gasteiger partial charge on any atom is -0.477 e. The third-order valence-corrected chi connectivity index (χ3v) is 6.80. The quantitative estimate of drug-likeness (QED) is 0.892. The number of hydrogen-bond donors (Lipinski definition) is 1. The molecule has 9 heteroatoms. The van der Waals surface area contributed by atoms with Gasteiger partial charge in [0, 0.05) is 37.2 Å². The standard InChI is InChI=1S/C15H15FN2O4S2/c16-11-1-3-12(4-2-11)17-5-7-18(8-6-17)24(21,22)13-9-14(15(19)20)23-10-13/h1-4,9-10H,5-8H2,(H,19,20). The van der Waals surface area contributed by atoms with E-state index in [1.165, 1.54) is 27.9 Å². The summed E-state index contributed by atoms with van der Waals surface area (Å²) in [5, 5.41) is 10.3. The average molecular weight is 370 g/mol. The maximum Gasteiger partial charge on any atom is 0.345 e. The zero-order valence-electron chi connectivity index (χ0n) is 12.6.